The molecule has 0 aliphatic carbocycles. The van der Waals surface area contributed by atoms with E-state index in [1.54, 1.807) is 18.4 Å². The summed E-state index contributed by atoms with van der Waals surface area (Å²) in [5.74, 6) is 0.0175. The van der Waals surface area contributed by atoms with Gasteiger partial charge in [-0.1, -0.05) is 27.3 Å². The highest BCUT2D eigenvalue weighted by molar-refractivity contribution is 9.10. The van der Waals surface area contributed by atoms with Crippen molar-refractivity contribution >= 4 is 48.5 Å². The molecular weight excluding hydrogens is 326 g/mol. The fourth-order valence-corrected chi connectivity index (χ4v) is 3.10. The fraction of sp³-hybridized carbons (Fsp3) is 0.385. The molecule has 0 saturated heterocycles. The Morgan fingerprint density at radius 3 is 2.89 bits per heavy atom. The maximum Gasteiger partial charge on any atom is 0.227 e. The van der Waals surface area contributed by atoms with Crippen molar-refractivity contribution in [3.05, 3.63) is 22.7 Å². The van der Waals surface area contributed by atoms with E-state index in [0.717, 1.165) is 19.8 Å². The number of carbonyl (C=O) groups is 1. The van der Waals surface area contributed by atoms with Crippen molar-refractivity contribution in [1.29, 1.82) is 0 Å². The van der Waals surface area contributed by atoms with E-state index in [-0.39, 0.29) is 5.91 Å². The molecule has 1 amide bonds. The van der Waals surface area contributed by atoms with Crippen LogP contribution in [0.15, 0.2) is 22.7 Å². The molecule has 0 atom stereocenters. The number of amides is 1. The van der Waals surface area contributed by atoms with Crippen LogP contribution in [0.25, 0.3) is 10.2 Å². The molecule has 2 rings (SSSR count). The quantitative estimate of drug-likeness (QED) is 0.897. The van der Waals surface area contributed by atoms with Crippen LogP contribution in [0.2, 0.25) is 0 Å². The number of hydrogen-bond acceptors (Lipinski definition) is 4. The van der Waals surface area contributed by atoms with Gasteiger partial charge in [0.15, 0.2) is 5.13 Å². The molecule has 4 nitrogen and oxygen atoms in total. The largest absolute Gasteiger partial charge is 0.360 e. The Kier molecular flexibility index (Phi) is 4.10. The molecule has 1 heterocycles. The predicted octanol–water partition coefficient (Wildman–Crippen LogP) is 3.24. The minimum absolute atomic E-state index is 0.0175. The summed E-state index contributed by atoms with van der Waals surface area (Å²) in [6.07, 6.45) is 0. The smallest absolute Gasteiger partial charge is 0.227 e. The third-order valence-electron chi connectivity index (χ3n) is 2.87. The van der Waals surface area contributed by atoms with E-state index in [1.165, 1.54) is 0 Å². The second kappa shape index (κ2) is 5.46. The molecule has 0 radical (unpaired) electrons. The number of aromatic nitrogens is 1. The third kappa shape index (κ3) is 3.25. The Balaban J connectivity index is 2.12. The van der Waals surface area contributed by atoms with E-state index in [1.807, 2.05) is 32.0 Å². The number of nitrogens with zero attached hydrogens (tertiary/aromatic N) is 1. The van der Waals surface area contributed by atoms with Gasteiger partial charge in [0.1, 0.15) is 0 Å². The topological polar surface area (TPSA) is 54.0 Å². The molecule has 2 aromatic rings. The number of benzene rings is 1. The highest BCUT2D eigenvalue weighted by Crippen LogP contribution is 2.29. The zero-order valence-corrected chi connectivity index (χ0v) is 13.5. The highest BCUT2D eigenvalue weighted by atomic mass is 79.9. The second-order valence-corrected chi connectivity index (χ2v) is 6.89. The van der Waals surface area contributed by atoms with Crippen LogP contribution in [0.4, 0.5) is 5.13 Å². The van der Waals surface area contributed by atoms with E-state index in [4.69, 9.17) is 0 Å². The zero-order valence-electron chi connectivity index (χ0n) is 11.1. The summed E-state index contributed by atoms with van der Waals surface area (Å²) in [7, 11) is 1.65. The lowest BCUT2D eigenvalue weighted by molar-refractivity contribution is -0.128. The van der Waals surface area contributed by atoms with Gasteiger partial charge in [0.05, 0.1) is 15.6 Å². The molecule has 2 N–H and O–H groups in total. The minimum atomic E-state index is -0.465. The molecule has 0 fully saturated rings. The Labute approximate surface area is 124 Å². The molecule has 6 heteroatoms. The van der Waals surface area contributed by atoms with E-state index in [9.17, 15) is 4.79 Å². The maximum absolute atomic E-state index is 11.7. The van der Waals surface area contributed by atoms with Gasteiger partial charge in [-0.25, -0.2) is 4.98 Å². The first-order chi connectivity index (χ1) is 8.92. The van der Waals surface area contributed by atoms with Gasteiger partial charge < -0.3 is 10.6 Å². The Morgan fingerprint density at radius 1 is 1.47 bits per heavy atom. The zero-order chi connectivity index (χ0) is 14.0. The Bertz CT molecular complexity index is 609. The normalized spacial score (nSPS) is 11.6. The van der Waals surface area contributed by atoms with Gasteiger partial charge in [-0.15, -0.1) is 0 Å². The molecule has 1 aromatic carbocycles. The number of carbonyl (C=O) groups excluding carboxylic acids is 1. The van der Waals surface area contributed by atoms with Crippen LogP contribution in [-0.4, -0.2) is 24.5 Å². The summed E-state index contributed by atoms with van der Waals surface area (Å²) in [5.41, 5.74) is 0.501. The van der Waals surface area contributed by atoms with Crippen LogP contribution >= 0.6 is 27.3 Å². The van der Waals surface area contributed by atoms with Gasteiger partial charge in [-0.3, -0.25) is 4.79 Å². The number of anilines is 1. The second-order valence-electron chi connectivity index (χ2n) is 4.95. The lowest BCUT2D eigenvalue weighted by Crippen LogP contribution is -2.39. The van der Waals surface area contributed by atoms with Crippen LogP contribution in [0, 0.1) is 5.41 Å². The third-order valence-corrected chi connectivity index (χ3v) is 4.34. The standard InChI is InChI=1S/C13H16BrN3OS/c1-13(2,11(18)15-3)7-16-12-17-9-5-4-8(14)6-10(9)19-12/h4-6H,7H2,1-3H3,(H,15,18)(H,16,17). The predicted molar refractivity (Wildman–Crippen MR) is 83.7 cm³/mol. The monoisotopic (exact) mass is 341 g/mol. The number of halogens is 1. The van der Waals surface area contributed by atoms with E-state index in [0.29, 0.717) is 6.54 Å². The number of rotatable bonds is 4. The van der Waals surface area contributed by atoms with Crippen LogP contribution in [0.5, 0.6) is 0 Å². The molecule has 0 saturated carbocycles. The van der Waals surface area contributed by atoms with Crippen molar-refractivity contribution in [2.45, 2.75) is 13.8 Å². The van der Waals surface area contributed by atoms with E-state index >= 15 is 0 Å². The molecule has 1 aromatic heterocycles. The number of nitrogens with one attached hydrogen (secondary N) is 2. The van der Waals surface area contributed by atoms with Crippen LogP contribution in [0.3, 0.4) is 0 Å². The molecule has 0 bridgehead atoms. The van der Waals surface area contributed by atoms with Gasteiger partial charge in [0, 0.05) is 18.1 Å². The highest BCUT2D eigenvalue weighted by Gasteiger charge is 2.26. The minimum Gasteiger partial charge on any atom is -0.360 e. The summed E-state index contributed by atoms with van der Waals surface area (Å²) < 4.78 is 2.16. The van der Waals surface area contributed by atoms with Crippen LogP contribution in [0.1, 0.15) is 13.8 Å². The molecule has 0 unspecified atom stereocenters. The molecule has 0 aliphatic rings. The van der Waals surface area contributed by atoms with Crippen molar-refractivity contribution in [2.75, 3.05) is 18.9 Å². The Morgan fingerprint density at radius 2 is 2.21 bits per heavy atom. The van der Waals surface area contributed by atoms with Gasteiger partial charge in [-0.2, -0.15) is 0 Å². The number of hydrogen-bond donors (Lipinski definition) is 2. The fourth-order valence-electron chi connectivity index (χ4n) is 1.69. The molecule has 0 spiro atoms. The number of thiazole rings is 1. The first-order valence-corrected chi connectivity index (χ1v) is 7.55. The van der Waals surface area contributed by atoms with Crippen molar-refractivity contribution in [3.63, 3.8) is 0 Å². The van der Waals surface area contributed by atoms with Crippen molar-refractivity contribution in [2.24, 2.45) is 5.41 Å². The van der Waals surface area contributed by atoms with Crippen molar-refractivity contribution in [1.82, 2.24) is 10.3 Å². The lowest BCUT2D eigenvalue weighted by Gasteiger charge is -2.22. The molecular formula is C13H16BrN3OS. The van der Waals surface area contributed by atoms with Gasteiger partial charge in [-0.05, 0) is 32.0 Å². The SMILES string of the molecule is CNC(=O)C(C)(C)CNc1nc2ccc(Br)cc2s1. The number of fused-ring (bicyclic) bond motifs is 1. The molecule has 19 heavy (non-hydrogen) atoms. The Hall–Kier alpha value is -1.14. The summed E-state index contributed by atoms with van der Waals surface area (Å²) >= 11 is 5.03. The molecule has 0 aliphatic heterocycles. The van der Waals surface area contributed by atoms with Gasteiger partial charge in [0.25, 0.3) is 0 Å². The first kappa shape index (κ1) is 14.3. The molecule has 102 valence electrons. The average molecular weight is 342 g/mol. The van der Waals surface area contributed by atoms with Crippen molar-refractivity contribution < 1.29 is 4.79 Å². The van der Waals surface area contributed by atoms with Gasteiger partial charge >= 0.3 is 0 Å². The van der Waals surface area contributed by atoms with Gasteiger partial charge in [0.2, 0.25) is 5.91 Å². The van der Waals surface area contributed by atoms with Crippen LogP contribution in [-0.2, 0) is 4.79 Å². The van der Waals surface area contributed by atoms with E-state index in [2.05, 4.69) is 31.5 Å². The first-order valence-electron chi connectivity index (χ1n) is 5.94. The lowest BCUT2D eigenvalue weighted by atomic mass is 9.92. The average Bonchev–Trinajstić information content (AvgIpc) is 2.77. The summed E-state index contributed by atoms with van der Waals surface area (Å²) in [4.78, 5) is 16.2. The summed E-state index contributed by atoms with van der Waals surface area (Å²) in [6.45, 7) is 4.36. The van der Waals surface area contributed by atoms with E-state index < -0.39 is 5.41 Å². The van der Waals surface area contributed by atoms with Crippen molar-refractivity contribution in [3.8, 4) is 0 Å². The van der Waals surface area contributed by atoms with Crippen LogP contribution < -0.4 is 10.6 Å². The maximum atomic E-state index is 11.7. The summed E-state index contributed by atoms with van der Waals surface area (Å²) in [6, 6.07) is 5.99. The summed E-state index contributed by atoms with van der Waals surface area (Å²) in [5, 5.41) is 6.75.